The second-order valence-electron chi connectivity index (χ2n) is 2.26. The molecule has 0 saturated heterocycles. The van der Waals surface area contributed by atoms with Crippen LogP contribution in [0.2, 0.25) is 5.54 Å². The van der Waals surface area contributed by atoms with Crippen molar-refractivity contribution < 1.29 is 9.90 Å². The maximum Gasteiger partial charge on any atom is 0.330 e. The Morgan fingerprint density at radius 1 is 1.80 bits per heavy atom. The molecule has 3 heteroatoms. The zero-order chi connectivity index (χ0) is 8.15. The quantitative estimate of drug-likeness (QED) is 0.362. The molecule has 0 amide bonds. The lowest BCUT2D eigenvalue weighted by Gasteiger charge is -2.06. The van der Waals surface area contributed by atoms with Crippen LogP contribution in [-0.2, 0) is 4.79 Å². The summed E-state index contributed by atoms with van der Waals surface area (Å²) in [7, 11) is 0.829. The third kappa shape index (κ3) is 2.64. The van der Waals surface area contributed by atoms with E-state index in [9.17, 15) is 4.79 Å². The second-order valence-corrected chi connectivity index (χ2v) is 3.65. The van der Waals surface area contributed by atoms with Crippen LogP contribution in [0.4, 0.5) is 0 Å². The smallest absolute Gasteiger partial charge is 0.330 e. The van der Waals surface area contributed by atoms with Gasteiger partial charge >= 0.3 is 5.97 Å². The van der Waals surface area contributed by atoms with E-state index in [4.69, 9.17) is 5.11 Å². The number of carboxylic acid groups (broad SMARTS) is 1. The highest BCUT2D eigenvalue weighted by molar-refractivity contribution is 6.17. The number of aliphatic carboxylic acids is 1. The molecule has 0 rings (SSSR count). The van der Waals surface area contributed by atoms with Crippen LogP contribution in [0.15, 0.2) is 24.8 Å². The zero-order valence-electron chi connectivity index (χ0n) is 6.13. The Morgan fingerprint density at radius 3 is 2.60 bits per heavy atom. The minimum atomic E-state index is -0.887. The summed E-state index contributed by atoms with van der Waals surface area (Å²) in [6.45, 7) is 6.99. The summed E-state index contributed by atoms with van der Waals surface area (Å²) in [5, 5.41) is 8.47. The lowest BCUT2D eigenvalue weighted by Crippen LogP contribution is -2.05. The van der Waals surface area contributed by atoms with Crippen molar-refractivity contribution in [1.29, 1.82) is 0 Å². The minimum absolute atomic E-state index is 0.134. The van der Waals surface area contributed by atoms with Crippen LogP contribution in [0.25, 0.3) is 0 Å². The third-order valence-corrected chi connectivity index (χ3v) is 2.56. The molecule has 0 aromatic carbocycles. The Kier molecular flexibility index (Phi) is 3.72. The van der Waals surface area contributed by atoms with Crippen LogP contribution in [0.5, 0.6) is 0 Å². The largest absolute Gasteiger partial charge is 0.478 e. The molecule has 0 aliphatic carbocycles. The molecule has 0 aromatic rings. The van der Waals surface area contributed by atoms with Crippen molar-refractivity contribution in [2.75, 3.05) is 0 Å². The van der Waals surface area contributed by atoms with Crippen LogP contribution in [-0.4, -0.2) is 21.3 Å². The average molecular weight is 156 g/mol. The first-order chi connectivity index (χ1) is 4.59. The van der Waals surface area contributed by atoms with E-state index < -0.39 is 5.97 Å². The standard InChI is InChI=1S/C7H12O2Si/c1-3-4-6(10)5(2)7(8)9/h3,6H,1-2,4H2,10H3,(H,8,9). The van der Waals surface area contributed by atoms with Gasteiger partial charge in [0.2, 0.25) is 0 Å². The molecule has 0 saturated carbocycles. The van der Waals surface area contributed by atoms with E-state index in [0.717, 1.165) is 16.7 Å². The third-order valence-electron chi connectivity index (χ3n) is 1.39. The number of hydrogen-bond acceptors (Lipinski definition) is 1. The van der Waals surface area contributed by atoms with Gasteiger partial charge in [-0.25, -0.2) is 4.79 Å². The Hall–Kier alpha value is -0.833. The molecular weight excluding hydrogens is 144 g/mol. The van der Waals surface area contributed by atoms with Crippen molar-refractivity contribution in [3.05, 3.63) is 24.8 Å². The van der Waals surface area contributed by atoms with Crippen molar-refractivity contribution >= 4 is 16.2 Å². The molecule has 0 fully saturated rings. The summed E-state index contributed by atoms with van der Waals surface area (Å²) in [6, 6.07) is 0. The zero-order valence-corrected chi connectivity index (χ0v) is 8.13. The van der Waals surface area contributed by atoms with Gasteiger partial charge in [-0.15, -0.1) is 6.58 Å². The molecule has 0 heterocycles. The molecule has 56 valence electrons. The van der Waals surface area contributed by atoms with Crippen LogP contribution in [0.3, 0.4) is 0 Å². The predicted molar refractivity (Wildman–Crippen MR) is 45.3 cm³/mol. The van der Waals surface area contributed by atoms with Gasteiger partial charge in [0, 0.05) is 15.8 Å². The molecule has 0 radical (unpaired) electrons. The van der Waals surface area contributed by atoms with Crippen LogP contribution < -0.4 is 0 Å². The lowest BCUT2D eigenvalue weighted by atomic mass is 10.1. The summed E-state index contributed by atoms with van der Waals surface area (Å²) in [4.78, 5) is 10.3. The highest BCUT2D eigenvalue weighted by Gasteiger charge is 2.10. The Labute approximate surface area is 63.7 Å². The van der Waals surface area contributed by atoms with E-state index in [1.54, 1.807) is 6.08 Å². The summed E-state index contributed by atoms with van der Waals surface area (Å²) in [6.07, 6.45) is 2.46. The molecule has 1 N–H and O–H groups in total. The van der Waals surface area contributed by atoms with Gasteiger partial charge < -0.3 is 5.11 Å². The Balaban J connectivity index is 3.94. The van der Waals surface area contributed by atoms with E-state index in [2.05, 4.69) is 13.2 Å². The van der Waals surface area contributed by atoms with E-state index in [0.29, 0.717) is 5.57 Å². The van der Waals surface area contributed by atoms with Gasteiger partial charge in [0.05, 0.1) is 0 Å². The van der Waals surface area contributed by atoms with Gasteiger partial charge in [-0.05, 0) is 12.0 Å². The van der Waals surface area contributed by atoms with E-state index in [1.807, 2.05) is 0 Å². The highest BCUT2D eigenvalue weighted by Crippen LogP contribution is 2.15. The normalized spacial score (nSPS) is 12.4. The first-order valence-corrected chi connectivity index (χ1v) is 4.28. The fourth-order valence-corrected chi connectivity index (χ4v) is 1.18. The molecule has 2 nitrogen and oxygen atoms in total. The van der Waals surface area contributed by atoms with Crippen molar-refractivity contribution in [1.82, 2.24) is 0 Å². The number of hydrogen-bond donors (Lipinski definition) is 1. The average Bonchev–Trinajstić information content (AvgIpc) is 1.87. The first-order valence-electron chi connectivity index (χ1n) is 3.12. The molecule has 0 spiro atoms. The molecule has 10 heavy (non-hydrogen) atoms. The van der Waals surface area contributed by atoms with Crippen molar-refractivity contribution in [2.24, 2.45) is 0 Å². The fourth-order valence-electron chi connectivity index (χ4n) is 0.603. The molecule has 0 bridgehead atoms. The number of carboxylic acids is 1. The first kappa shape index (κ1) is 9.17. The van der Waals surface area contributed by atoms with Crippen molar-refractivity contribution in [2.45, 2.75) is 12.0 Å². The summed E-state index contributed by atoms with van der Waals surface area (Å²) in [5.41, 5.74) is 0.446. The fraction of sp³-hybridized carbons (Fsp3) is 0.286. The number of rotatable bonds is 4. The van der Waals surface area contributed by atoms with Crippen LogP contribution in [0.1, 0.15) is 6.42 Å². The molecular formula is C7H12O2Si. The lowest BCUT2D eigenvalue weighted by molar-refractivity contribution is -0.132. The molecule has 0 aliphatic rings. The SMILES string of the molecule is C=CCC([SiH3])C(=C)C(=O)O. The van der Waals surface area contributed by atoms with Crippen molar-refractivity contribution in [3.63, 3.8) is 0 Å². The van der Waals surface area contributed by atoms with E-state index >= 15 is 0 Å². The van der Waals surface area contributed by atoms with Gasteiger partial charge in [0.25, 0.3) is 0 Å². The minimum Gasteiger partial charge on any atom is -0.478 e. The van der Waals surface area contributed by atoms with Gasteiger partial charge in [-0.1, -0.05) is 12.7 Å². The Morgan fingerprint density at radius 2 is 2.30 bits per heavy atom. The number of allylic oxidation sites excluding steroid dienone is 1. The molecule has 0 aliphatic heterocycles. The Bertz CT molecular complexity index is 163. The number of carbonyl (C=O) groups is 1. The van der Waals surface area contributed by atoms with Crippen LogP contribution >= 0.6 is 0 Å². The van der Waals surface area contributed by atoms with Gasteiger partial charge in [-0.3, -0.25) is 0 Å². The molecule has 1 atom stereocenters. The molecule has 1 unspecified atom stereocenters. The topological polar surface area (TPSA) is 37.3 Å². The summed E-state index contributed by atoms with van der Waals surface area (Å²) >= 11 is 0. The molecule has 0 aromatic heterocycles. The van der Waals surface area contributed by atoms with Crippen LogP contribution in [0, 0.1) is 0 Å². The van der Waals surface area contributed by atoms with Gasteiger partial charge in [0.15, 0.2) is 0 Å². The van der Waals surface area contributed by atoms with E-state index in [1.165, 1.54) is 0 Å². The second kappa shape index (κ2) is 4.06. The maximum absolute atomic E-state index is 10.3. The van der Waals surface area contributed by atoms with Gasteiger partial charge in [-0.2, -0.15) is 0 Å². The van der Waals surface area contributed by atoms with Gasteiger partial charge in [0.1, 0.15) is 0 Å². The summed E-state index contributed by atoms with van der Waals surface area (Å²) < 4.78 is 0. The highest BCUT2D eigenvalue weighted by atomic mass is 28.1. The van der Waals surface area contributed by atoms with E-state index in [-0.39, 0.29) is 5.54 Å². The maximum atomic E-state index is 10.3. The summed E-state index contributed by atoms with van der Waals surface area (Å²) in [5.74, 6) is -0.887. The van der Waals surface area contributed by atoms with Crippen molar-refractivity contribution in [3.8, 4) is 0 Å². The predicted octanol–water partition coefficient (Wildman–Crippen LogP) is 0.357. The monoisotopic (exact) mass is 156 g/mol.